The van der Waals surface area contributed by atoms with Gasteiger partial charge in [0, 0.05) is 31.9 Å². The van der Waals surface area contributed by atoms with Gasteiger partial charge in [0.05, 0.1) is 5.56 Å². The molecule has 1 fully saturated rings. The van der Waals surface area contributed by atoms with Crippen molar-refractivity contribution in [3.63, 3.8) is 0 Å². The number of nitrogens with zero attached hydrogens (tertiary/aromatic N) is 2. The maximum Gasteiger partial charge on any atom is 0.254 e. The van der Waals surface area contributed by atoms with Gasteiger partial charge in [-0.3, -0.25) is 9.59 Å². The summed E-state index contributed by atoms with van der Waals surface area (Å²) < 4.78 is 27.0. The van der Waals surface area contributed by atoms with Crippen molar-refractivity contribution in [3.05, 3.63) is 65.7 Å². The molecule has 2 aromatic rings. The summed E-state index contributed by atoms with van der Waals surface area (Å²) in [5.74, 6) is -1.82. The Morgan fingerprint density at radius 3 is 2.14 bits per heavy atom. The standard InChI is InChI=1S/C22H25F2N3O2/c1-15(2)20(25-21(28)18-5-3-4-6-19(18)24)22(29)27-13-11-26(12-14-27)17-9-7-16(23)8-10-17/h3-10,15,20H,11-14H2,1-2H3,(H,25,28)/t20-/m0/s1. The molecule has 3 rings (SSSR count). The van der Waals surface area contributed by atoms with Gasteiger partial charge in [0.2, 0.25) is 5.91 Å². The first-order chi connectivity index (χ1) is 13.9. The molecule has 0 unspecified atom stereocenters. The first-order valence-corrected chi connectivity index (χ1v) is 9.71. The summed E-state index contributed by atoms with van der Waals surface area (Å²) in [5, 5.41) is 2.69. The van der Waals surface area contributed by atoms with Gasteiger partial charge in [-0.05, 0) is 42.3 Å². The van der Waals surface area contributed by atoms with Crippen LogP contribution in [-0.4, -0.2) is 48.9 Å². The minimum atomic E-state index is -0.737. The van der Waals surface area contributed by atoms with Crippen LogP contribution in [0.1, 0.15) is 24.2 Å². The summed E-state index contributed by atoms with van der Waals surface area (Å²) in [7, 11) is 0. The number of carbonyl (C=O) groups excluding carboxylic acids is 2. The second-order valence-corrected chi connectivity index (χ2v) is 7.46. The molecule has 1 aliphatic rings. The summed E-state index contributed by atoms with van der Waals surface area (Å²) >= 11 is 0. The number of hydrogen-bond acceptors (Lipinski definition) is 3. The van der Waals surface area contributed by atoms with Gasteiger partial charge in [-0.1, -0.05) is 26.0 Å². The van der Waals surface area contributed by atoms with E-state index in [2.05, 4.69) is 10.2 Å². The van der Waals surface area contributed by atoms with Crippen LogP contribution < -0.4 is 10.2 Å². The largest absolute Gasteiger partial charge is 0.368 e. The number of hydrogen-bond donors (Lipinski definition) is 1. The van der Waals surface area contributed by atoms with Crippen molar-refractivity contribution in [3.8, 4) is 0 Å². The third kappa shape index (κ3) is 4.91. The number of amides is 2. The van der Waals surface area contributed by atoms with Crippen LogP contribution in [0.4, 0.5) is 14.5 Å². The Labute approximate surface area is 169 Å². The van der Waals surface area contributed by atoms with Crippen molar-refractivity contribution >= 4 is 17.5 Å². The lowest BCUT2D eigenvalue weighted by Crippen LogP contribution is -2.56. The lowest BCUT2D eigenvalue weighted by Gasteiger charge is -2.38. The molecule has 5 nitrogen and oxygen atoms in total. The topological polar surface area (TPSA) is 52.7 Å². The molecular weight excluding hydrogens is 376 g/mol. The number of benzene rings is 2. The summed E-state index contributed by atoms with van der Waals surface area (Å²) in [6, 6.07) is 11.2. The van der Waals surface area contributed by atoms with Crippen LogP contribution in [0.15, 0.2) is 48.5 Å². The van der Waals surface area contributed by atoms with Crippen LogP contribution >= 0.6 is 0 Å². The molecule has 0 spiro atoms. The van der Waals surface area contributed by atoms with E-state index in [1.165, 1.54) is 30.3 Å². The zero-order chi connectivity index (χ0) is 21.0. The summed E-state index contributed by atoms with van der Waals surface area (Å²) in [5.41, 5.74) is 0.832. The molecule has 0 radical (unpaired) electrons. The van der Waals surface area contributed by atoms with Crippen molar-refractivity contribution in [2.75, 3.05) is 31.1 Å². The maximum absolute atomic E-state index is 13.9. The minimum Gasteiger partial charge on any atom is -0.368 e. The highest BCUT2D eigenvalue weighted by Crippen LogP contribution is 2.18. The van der Waals surface area contributed by atoms with E-state index in [0.29, 0.717) is 26.2 Å². The number of anilines is 1. The van der Waals surface area contributed by atoms with E-state index in [0.717, 1.165) is 5.69 Å². The highest BCUT2D eigenvalue weighted by Gasteiger charge is 2.31. The minimum absolute atomic E-state index is 0.0768. The second-order valence-electron chi connectivity index (χ2n) is 7.46. The van der Waals surface area contributed by atoms with Crippen LogP contribution in [0.2, 0.25) is 0 Å². The fourth-order valence-electron chi connectivity index (χ4n) is 3.41. The Morgan fingerprint density at radius 2 is 1.55 bits per heavy atom. The highest BCUT2D eigenvalue weighted by atomic mass is 19.1. The predicted molar refractivity (Wildman–Crippen MR) is 108 cm³/mol. The Kier molecular flexibility index (Phi) is 6.46. The third-order valence-electron chi connectivity index (χ3n) is 5.12. The number of piperazine rings is 1. The third-order valence-corrected chi connectivity index (χ3v) is 5.12. The van der Waals surface area contributed by atoms with Gasteiger partial charge in [0.1, 0.15) is 17.7 Å². The average Bonchev–Trinajstić information content (AvgIpc) is 2.72. The molecule has 1 atom stereocenters. The van der Waals surface area contributed by atoms with Gasteiger partial charge in [0.15, 0.2) is 0 Å². The van der Waals surface area contributed by atoms with Crippen LogP contribution in [0, 0.1) is 17.6 Å². The van der Waals surface area contributed by atoms with Crippen LogP contribution in [-0.2, 0) is 4.79 Å². The van der Waals surface area contributed by atoms with E-state index < -0.39 is 17.8 Å². The Hall–Kier alpha value is -2.96. The molecule has 2 amide bonds. The van der Waals surface area contributed by atoms with Gasteiger partial charge in [-0.15, -0.1) is 0 Å². The van der Waals surface area contributed by atoms with Gasteiger partial charge in [-0.2, -0.15) is 0 Å². The summed E-state index contributed by atoms with van der Waals surface area (Å²) in [4.78, 5) is 29.3. The monoisotopic (exact) mass is 401 g/mol. The first-order valence-electron chi connectivity index (χ1n) is 9.71. The van der Waals surface area contributed by atoms with E-state index in [1.807, 2.05) is 13.8 Å². The molecule has 1 saturated heterocycles. The normalized spacial score (nSPS) is 15.3. The fraction of sp³-hybridized carbons (Fsp3) is 0.364. The van der Waals surface area contributed by atoms with Crippen molar-refractivity contribution in [2.45, 2.75) is 19.9 Å². The van der Waals surface area contributed by atoms with Gasteiger partial charge in [0.25, 0.3) is 5.91 Å². The SMILES string of the molecule is CC(C)[C@H](NC(=O)c1ccccc1F)C(=O)N1CCN(c2ccc(F)cc2)CC1. The maximum atomic E-state index is 13.9. The molecule has 0 bridgehead atoms. The van der Waals surface area contributed by atoms with Gasteiger partial charge >= 0.3 is 0 Å². The van der Waals surface area contributed by atoms with Crippen LogP contribution in [0.3, 0.4) is 0 Å². The lowest BCUT2D eigenvalue weighted by atomic mass is 10.0. The molecule has 154 valence electrons. The number of carbonyl (C=O) groups is 2. The van der Waals surface area contributed by atoms with Crippen molar-refractivity contribution < 1.29 is 18.4 Å². The molecule has 2 aromatic carbocycles. The Bertz CT molecular complexity index is 863. The molecule has 0 aliphatic carbocycles. The molecule has 0 aromatic heterocycles. The summed E-state index contributed by atoms with van der Waals surface area (Å²) in [6.45, 7) is 5.91. The van der Waals surface area contributed by atoms with Crippen LogP contribution in [0.25, 0.3) is 0 Å². The molecule has 1 aliphatic heterocycles. The zero-order valence-corrected chi connectivity index (χ0v) is 16.6. The molecule has 1 N–H and O–H groups in total. The van der Waals surface area contributed by atoms with E-state index in [9.17, 15) is 18.4 Å². The molecular formula is C22H25F2N3O2. The van der Waals surface area contributed by atoms with E-state index in [1.54, 1.807) is 23.1 Å². The number of rotatable bonds is 5. The first kappa shape index (κ1) is 20.8. The fourth-order valence-corrected chi connectivity index (χ4v) is 3.41. The molecule has 7 heteroatoms. The Morgan fingerprint density at radius 1 is 0.931 bits per heavy atom. The van der Waals surface area contributed by atoms with Crippen molar-refractivity contribution in [2.24, 2.45) is 5.92 Å². The molecule has 1 heterocycles. The van der Waals surface area contributed by atoms with E-state index in [4.69, 9.17) is 0 Å². The Balaban J connectivity index is 1.63. The summed E-state index contributed by atoms with van der Waals surface area (Å²) in [6.07, 6.45) is 0. The van der Waals surface area contributed by atoms with Crippen molar-refractivity contribution in [1.29, 1.82) is 0 Å². The van der Waals surface area contributed by atoms with Gasteiger partial charge in [-0.25, -0.2) is 8.78 Å². The predicted octanol–water partition coefficient (Wildman–Crippen LogP) is 3.07. The molecule has 29 heavy (non-hydrogen) atoms. The van der Waals surface area contributed by atoms with E-state index >= 15 is 0 Å². The average molecular weight is 401 g/mol. The molecule has 0 saturated carbocycles. The highest BCUT2D eigenvalue weighted by molar-refractivity contribution is 5.97. The van der Waals surface area contributed by atoms with Crippen molar-refractivity contribution in [1.82, 2.24) is 10.2 Å². The lowest BCUT2D eigenvalue weighted by molar-refractivity contribution is -0.134. The van der Waals surface area contributed by atoms with Gasteiger partial charge < -0.3 is 15.1 Å². The van der Waals surface area contributed by atoms with Crippen LogP contribution in [0.5, 0.6) is 0 Å². The number of nitrogens with one attached hydrogen (secondary N) is 1. The number of halogens is 2. The second kappa shape index (κ2) is 9.03. The zero-order valence-electron chi connectivity index (χ0n) is 16.6. The smallest absolute Gasteiger partial charge is 0.254 e. The quantitative estimate of drug-likeness (QED) is 0.838. The van der Waals surface area contributed by atoms with E-state index in [-0.39, 0.29) is 23.2 Å².